The van der Waals surface area contributed by atoms with Crippen molar-refractivity contribution in [3.8, 4) is 0 Å². The maximum atomic E-state index is 6.44. The smallest absolute Gasteiger partial charge is 0.128 e. The Kier molecular flexibility index (Phi) is 5.06. The van der Waals surface area contributed by atoms with Crippen molar-refractivity contribution in [2.45, 2.75) is 49.3 Å². The Balaban J connectivity index is 2.16. The molecule has 5 heteroatoms. The second-order valence-electron chi connectivity index (χ2n) is 5.72. The third-order valence-corrected chi connectivity index (χ3v) is 6.36. The van der Waals surface area contributed by atoms with Gasteiger partial charge in [0, 0.05) is 14.9 Å². The fourth-order valence-corrected chi connectivity index (χ4v) is 4.97. The lowest BCUT2D eigenvalue weighted by molar-refractivity contribution is 0.363. The maximum Gasteiger partial charge on any atom is 0.128 e. The van der Waals surface area contributed by atoms with Crippen LogP contribution in [0.5, 0.6) is 0 Å². The summed E-state index contributed by atoms with van der Waals surface area (Å²) in [4.78, 5) is 4.83. The molecule has 21 heavy (non-hydrogen) atoms. The van der Waals surface area contributed by atoms with E-state index in [-0.39, 0.29) is 5.38 Å². The number of hydrogen-bond donors (Lipinski definition) is 0. The molecule has 0 N–H and O–H groups in total. The van der Waals surface area contributed by atoms with Crippen molar-refractivity contribution in [3.05, 3.63) is 27.6 Å². The lowest BCUT2D eigenvalue weighted by Crippen LogP contribution is -2.26. The van der Waals surface area contributed by atoms with Crippen LogP contribution in [0.1, 0.15) is 49.9 Å². The zero-order valence-electron chi connectivity index (χ0n) is 12.4. The van der Waals surface area contributed by atoms with E-state index in [1.807, 2.05) is 18.7 Å². The summed E-state index contributed by atoms with van der Waals surface area (Å²) in [5.41, 5.74) is 2.32. The summed E-state index contributed by atoms with van der Waals surface area (Å²) >= 11 is 10.8. The predicted octanol–water partition coefficient (Wildman–Crippen LogP) is 5.79. The van der Waals surface area contributed by atoms with Crippen LogP contribution in [0.2, 0.25) is 0 Å². The van der Waals surface area contributed by atoms with E-state index in [1.165, 1.54) is 34.8 Å². The van der Waals surface area contributed by atoms with Gasteiger partial charge in [0.1, 0.15) is 5.82 Å². The fourth-order valence-electron chi connectivity index (χ4n) is 3.37. The molecule has 1 aliphatic rings. The van der Waals surface area contributed by atoms with Crippen molar-refractivity contribution < 1.29 is 0 Å². The van der Waals surface area contributed by atoms with Crippen LogP contribution in [0.3, 0.4) is 0 Å². The van der Waals surface area contributed by atoms with E-state index in [4.69, 9.17) is 16.6 Å². The van der Waals surface area contributed by atoms with Gasteiger partial charge in [0.2, 0.25) is 0 Å². The summed E-state index contributed by atoms with van der Waals surface area (Å²) in [6.07, 6.45) is 7.42. The summed E-state index contributed by atoms with van der Waals surface area (Å²) in [7, 11) is 0. The lowest BCUT2D eigenvalue weighted by atomic mass is 9.94. The summed E-state index contributed by atoms with van der Waals surface area (Å²) < 4.78 is 3.66. The zero-order valence-corrected chi connectivity index (χ0v) is 16.1. The zero-order chi connectivity index (χ0) is 15.0. The first-order valence-corrected chi connectivity index (χ1v) is 10.3. The normalized spacial score (nSPS) is 24.4. The number of nitrogens with zero attached hydrogens (tertiary/aromatic N) is 2. The highest BCUT2D eigenvalue weighted by molar-refractivity contribution is 14.1. The molecule has 3 atom stereocenters. The van der Waals surface area contributed by atoms with Crippen LogP contribution in [0.25, 0.3) is 11.0 Å². The topological polar surface area (TPSA) is 17.8 Å². The summed E-state index contributed by atoms with van der Waals surface area (Å²) in [5, 5.41) is 0.615. The van der Waals surface area contributed by atoms with Crippen LogP contribution in [0.4, 0.5) is 0 Å². The molecule has 0 spiro atoms. The lowest BCUT2D eigenvalue weighted by Gasteiger charge is -2.33. The van der Waals surface area contributed by atoms with Crippen LogP contribution in [-0.4, -0.2) is 21.1 Å². The molecule has 1 fully saturated rings. The number of hydrogen-bond acceptors (Lipinski definition) is 2. The molecule has 0 aliphatic heterocycles. The molecule has 2 aromatic rings. The van der Waals surface area contributed by atoms with Crippen LogP contribution in [-0.2, 0) is 0 Å². The summed E-state index contributed by atoms with van der Waals surface area (Å²) in [6, 6.07) is 7.06. The Morgan fingerprint density at radius 2 is 2.14 bits per heavy atom. The van der Waals surface area contributed by atoms with E-state index < -0.39 is 0 Å². The van der Waals surface area contributed by atoms with E-state index in [0.717, 1.165) is 11.3 Å². The summed E-state index contributed by atoms with van der Waals surface area (Å²) in [5.74, 6) is 1.03. The Morgan fingerprint density at radius 3 is 2.86 bits per heavy atom. The van der Waals surface area contributed by atoms with Gasteiger partial charge in [0.05, 0.1) is 16.4 Å². The fraction of sp³-hybridized carbons (Fsp3) is 0.562. The second-order valence-corrected chi connectivity index (χ2v) is 8.69. The molecule has 1 heterocycles. The molecule has 1 aromatic carbocycles. The van der Waals surface area contributed by atoms with Crippen molar-refractivity contribution in [2.75, 3.05) is 6.26 Å². The van der Waals surface area contributed by atoms with Crippen LogP contribution < -0.4 is 0 Å². The van der Waals surface area contributed by atoms with Crippen molar-refractivity contribution in [1.82, 2.24) is 9.55 Å². The monoisotopic (exact) mass is 434 g/mol. The van der Waals surface area contributed by atoms with Gasteiger partial charge in [-0.25, -0.2) is 4.98 Å². The number of imidazole rings is 1. The molecule has 1 saturated carbocycles. The number of fused-ring (bicyclic) bond motifs is 1. The number of alkyl halides is 1. The molecule has 114 valence electrons. The second kappa shape index (κ2) is 6.67. The van der Waals surface area contributed by atoms with E-state index >= 15 is 0 Å². The molecular weight excluding hydrogens is 415 g/mol. The van der Waals surface area contributed by atoms with Gasteiger partial charge >= 0.3 is 0 Å². The largest absolute Gasteiger partial charge is 0.322 e. The highest BCUT2D eigenvalue weighted by Crippen LogP contribution is 2.40. The van der Waals surface area contributed by atoms with E-state index in [1.54, 1.807) is 0 Å². The van der Waals surface area contributed by atoms with Crippen molar-refractivity contribution in [3.63, 3.8) is 0 Å². The van der Waals surface area contributed by atoms with E-state index in [2.05, 4.69) is 51.6 Å². The third-order valence-electron chi connectivity index (χ3n) is 4.34. The number of benzene rings is 1. The Bertz CT molecular complexity index is 640. The minimum absolute atomic E-state index is 0.0560. The van der Waals surface area contributed by atoms with Crippen LogP contribution in [0, 0.1) is 3.57 Å². The van der Waals surface area contributed by atoms with Crippen molar-refractivity contribution >= 4 is 57.0 Å². The molecular formula is C16H20ClIN2S. The Morgan fingerprint density at radius 1 is 1.38 bits per heavy atom. The van der Waals surface area contributed by atoms with Crippen molar-refractivity contribution in [1.29, 1.82) is 0 Å². The van der Waals surface area contributed by atoms with E-state index in [9.17, 15) is 0 Å². The number of aromatic nitrogens is 2. The van der Waals surface area contributed by atoms with Gasteiger partial charge in [-0.15, -0.1) is 11.6 Å². The molecule has 0 saturated heterocycles. The van der Waals surface area contributed by atoms with Gasteiger partial charge in [0.15, 0.2) is 0 Å². The average Bonchev–Trinajstić information content (AvgIpc) is 2.85. The first kappa shape index (κ1) is 15.9. The summed E-state index contributed by atoms with van der Waals surface area (Å²) in [6.45, 7) is 2.03. The predicted molar refractivity (Wildman–Crippen MR) is 102 cm³/mol. The molecule has 0 radical (unpaired) electrons. The van der Waals surface area contributed by atoms with Gasteiger partial charge in [-0.05, 0) is 66.8 Å². The molecule has 0 amide bonds. The first-order chi connectivity index (χ1) is 10.1. The number of rotatable bonds is 3. The van der Waals surface area contributed by atoms with Gasteiger partial charge in [0.25, 0.3) is 0 Å². The van der Waals surface area contributed by atoms with Crippen molar-refractivity contribution in [2.24, 2.45) is 0 Å². The standard InChI is InChI=1S/C16H20ClIN2S/c1-10(17)16-19-12-9-11(18)7-8-13(12)20(16)14-5-3-4-6-15(14)21-2/h7-10,14-15H,3-6H2,1-2H3. The molecule has 0 bridgehead atoms. The highest BCUT2D eigenvalue weighted by Gasteiger charge is 2.30. The average molecular weight is 435 g/mol. The molecule has 1 aromatic heterocycles. The first-order valence-electron chi connectivity index (χ1n) is 7.46. The number of halogens is 2. The third kappa shape index (κ3) is 3.08. The Labute approximate surface area is 149 Å². The minimum atomic E-state index is -0.0560. The minimum Gasteiger partial charge on any atom is -0.322 e. The van der Waals surface area contributed by atoms with Gasteiger partial charge in [-0.3, -0.25) is 0 Å². The van der Waals surface area contributed by atoms with Gasteiger partial charge in [-0.2, -0.15) is 11.8 Å². The SMILES string of the molecule is CSC1CCCCC1n1c(C(C)Cl)nc2cc(I)ccc21. The highest BCUT2D eigenvalue weighted by atomic mass is 127. The molecule has 2 nitrogen and oxygen atoms in total. The quantitative estimate of drug-likeness (QED) is 0.449. The molecule has 1 aliphatic carbocycles. The van der Waals surface area contributed by atoms with Crippen LogP contribution >= 0.6 is 46.0 Å². The Hall–Kier alpha value is 0.0600. The maximum absolute atomic E-state index is 6.44. The molecule has 3 unspecified atom stereocenters. The van der Waals surface area contributed by atoms with Crippen LogP contribution in [0.15, 0.2) is 18.2 Å². The number of thioether (sulfide) groups is 1. The van der Waals surface area contributed by atoms with Gasteiger partial charge in [-0.1, -0.05) is 12.8 Å². The van der Waals surface area contributed by atoms with Gasteiger partial charge < -0.3 is 4.57 Å². The van der Waals surface area contributed by atoms with E-state index in [0.29, 0.717) is 11.3 Å². The molecule has 3 rings (SSSR count).